The van der Waals surface area contributed by atoms with Gasteiger partial charge in [0.2, 0.25) is 0 Å². The Kier molecular flexibility index (Phi) is 9.11. The number of halogens is 4. The van der Waals surface area contributed by atoms with Crippen molar-refractivity contribution in [1.29, 1.82) is 0 Å². The summed E-state index contributed by atoms with van der Waals surface area (Å²) in [6, 6.07) is 15.0. The van der Waals surface area contributed by atoms with Crippen molar-refractivity contribution in [2.75, 3.05) is 7.11 Å². The smallest absolute Gasteiger partial charge is 0.282 e. The fourth-order valence-electron chi connectivity index (χ4n) is 3.62. The number of rotatable bonds is 8. The Morgan fingerprint density at radius 1 is 1.11 bits per heavy atom. The van der Waals surface area contributed by atoms with E-state index in [2.05, 4.69) is 52.9 Å². The van der Waals surface area contributed by atoms with Crippen LogP contribution in [0.1, 0.15) is 43.1 Å². The van der Waals surface area contributed by atoms with E-state index in [0.29, 0.717) is 49.9 Å². The van der Waals surface area contributed by atoms with Crippen LogP contribution in [0.15, 0.2) is 71.8 Å². The summed E-state index contributed by atoms with van der Waals surface area (Å²) in [7, 11) is 1.55. The third-order valence-corrected chi connectivity index (χ3v) is 8.34. The largest absolute Gasteiger partial charge is 0.493 e. The van der Waals surface area contributed by atoms with Crippen LogP contribution in [0.25, 0.3) is 10.9 Å². The zero-order valence-electron chi connectivity index (χ0n) is 20.3. The molecule has 192 valence electrons. The summed E-state index contributed by atoms with van der Waals surface area (Å²) in [6.07, 6.45) is 2.37. The van der Waals surface area contributed by atoms with Crippen molar-refractivity contribution in [2.45, 2.75) is 32.8 Å². The highest BCUT2D eigenvalue weighted by molar-refractivity contribution is 9.11. The van der Waals surface area contributed by atoms with Crippen molar-refractivity contribution in [3.8, 4) is 11.5 Å². The number of methoxy groups -OCH3 is 1. The molecule has 4 rings (SSSR count). The summed E-state index contributed by atoms with van der Waals surface area (Å²) in [4.78, 5) is 18.2. The normalized spacial score (nSPS) is 12.3. The molecule has 0 radical (unpaired) electrons. The summed E-state index contributed by atoms with van der Waals surface area (Å²) >= 11 is 17.1. The molecule has 0 spiro atoms. The minimum Gasteiger partial charge on any atom is -0.493 e. The quantitative estimate of drug-likeness (QED) is 0.173. The molecule has 0 N–H and O–H groups in total. The van der Waals surface area contributed by atoms with Gasteiger partial charge in [-0.15, -0.1) is 0 Å². The van der Waals surface area contributed by atoms with Gasteiger partial charge in [-0.1, -0.05) is 69.4 Å². The Morgan fingerprint density at radius 3 is 2.49 bits per heavy atom. The van der Waals surface area contributed by atoms with Gasteiger partial charge < -0.3 is 9.47 Å². The van der Waals surface area contributed by atoms with E-state index < -0.39 is 0 Å². The number of hydrogen-bond donors (Lipinski definition) is 0. The summed E-state index contributed by atoms with van der Waals surface area (Å²) in [5.74, 6) is 1.46. The maximum atomic E-state index is 13.4. The Morgan fingerprint density at radius 2 is 1.81 bits per heavy atom. The lowest BCUT2D eigenvalue weighted by Crippen LogP contribution is -2.23. The molecule has 1 heterocycles. The molecule has 0 bridgehead atoms. The van der Waals surface area contributed by atoms with E-state index in [4.69, 9.17) is 26.1 Å². The van der Waals surface area contributed by atoms with Crippen LogP contribution >= 0.6 is 59.4 Å². The topological polar surface area (TPSA) is 65.7 Å². The number of fused-ring (bicyclic) bond motifs is 1. The monoisotopic (exact) mass is 709 g/mol. The highest BCUT2D eigenvalue weighted by atomic mass is 79.9. The van der Waals surface area contributed by atoms with Crippen molar-refractivity contribution in [1.82, 2.24) is 9.66 Å². The average molecular weight is 713 g/mol. The first-order chi connectivity index (χ1) is 17.7. The first kappa shape index (κ1) is 27.8. The molecule has 1 aromatic heterocycles. The van der Waals surface area contributed by atoms with Gasteiger partial charge in [-0.25, -0.2) is 4.98 Å². The molecule has 0 saturated heterocycles. The van der Waals surface area contributed by atoms with Crippen LogP contribution in [0, 0.1) is 0 Å². The Bertz CT molecular complexity index is 1540. The van der Waals surface area contributed by atoms with E-state index >= 15 is 0 Å². The zero-order chi connectivity index (χ0) is 26.7. The van der Waals surface area contributed by atoms with Gasteiger partial charge in [-0.05, 0) is 64.3 Å². The van der Waals surface area contributed by atoms with Crippen LogP contribution in [0.4, 0.5) is 0 Å². The molecule has 0 fully saturated rings. The Labute approximate surface area is 245 Å². The second-order valence-corrected chi connectivity index (χ2v) is 11.3. The standard InChI is InChI=1S/C27H23Br3ClN3O3/c1-4-15(2)26-33-21-10-9-19(29)12-20(21)27(35)34(26)32-13-17-11-22(36-3)25(24(31)23(17)30)37-14-16-5-7-18(28)8-6-16/h5-13,15H,4,14H2,1-3H3/t15-/m0/s1. The second-order valence-electron chi connectivity index (χ2n) is 8.34. The van der Waals surface area contributed by atoms with Crippen LogP contribution in [-0.2, 0) is 6.61 Å². The van der Waals surface area contributed by atoms with E-state index in [1.807, 2.05) is 50.2 Å². The molecule has 0 aliphatic rings. The van der Waals surface area contributed by atoms with Crippen molar-refractivity contribution < 1.29 is 9.47 Å². The molecule has 6 nitrogen and oxygen atoms in total. The number of benzene rings is 3. The molecular weight excluding hydrogens is 689 g/mol. The Hall–Kier alpha value is -2.20. The molecule has 3 aromatic carbocycles. The van der Waals surface area contributed by atoms with E-state index in [1.165, 1.54) is 4.68 Å². The molecule has 10 heteroatoms. The SMILES string of the molecule is CC[C@H](C)c1nc2ccc(Br)cc2c(=O)n1N=Cc1cc(OC)c(OCc2ccc(Br)cc2)c(Cl)c1Br. The maximum Gasteiger partial charge on any atom is 0.282 e. The molecular formula is C27H23Br3ClN3O3. The molecule has 0 saturated carbocycles. The molecule has 1 atom stereocenters. The number of nitrogens with zero attached hydrogens (tertiary/aromatic N) is 3. The average Bonchev–Trinajstić information content (AvgIpc) is 2.90. The minimum atomic E-state index is -0.249. The summed E-state index contributed by atoms with van der Waals surface area (Å²) in [6.45, 7) is 4.38. The Balaban J connectivity index is 1.74. The lowest BCUT2D eigenvalue weighted by molar-refractivity contribution is 0.284. The second kappa shape index (κ2) is 12.1. The maximum absolute atomic E-state index is 13.4. The van der Waals surface area contributed by atoms with E-state index in [-0.39, 0.29) is 11.5 Å². The van der Waals surface area contributed by atoms with Crippen LogP contribution in [0.3, 0.4) is 0 Å². The van der Waals surface area contributed by atoms with Crippen molar-refractivity contribution in [3.63, 3.8) is 0 Å². The number of hydrogen-bond acceptors (Lipinski definition) is 5. The molecule has 0 aliphatic heterocycles. The van der Waals surface area contributed by atoms with Gasteiger partial charge in [-0.2, -0.15) is 9.78 Å². The van der Waals surface area contributed by atoms with Gasteiger partial charge in [0, 0.05) is 24.9 Å². The molecule has 0 amide bonds. The van der Waals surface area contributed by atoms with E-state index in [1.54, 1.807) is 25.5 Å². The lowest BCUT2D eigenvalue weighted by Gasteiger charge is -2.16. The van der Waals surface area contributed by atoms with Crippen molar-refractivity contribution in [3.05, 3.63) is 94.3 Å². The van der Waals surface area contributed by atoms with Crippen LogP contribution in [0.2, 0.25) is 5.02 Å². The van der Waals surface area contributed by atoms with Gasteiger partial charge in [-0.3, -0.25) is 4.79 Å². The van der Waals surface area contributed by atoms with Gasteiger partial charge in [0.15, 0.2) is 11.5 Å². The highest BCUT2D eigenvalue weighted by Gasteiger charge is 2.19. The van der Waals surface area contributed by atoms with E-state index in [9.17, 15) is 4.79 Å². The molecule has 4 aromatic rings. The number of aromatic nitrogens is 2. The van der Waals surface area contributed by atoms with Gasteiger partial charge in [0.25, 0.3) is 5.56 Å². The third-order valence-electron chi connectivity index (χ3n) is 5.87. The summed E-state index contributed by atoms with van der Waals surface area (Å²) in [5, 5.41) is 5.36. The van der Waals surface area contributed by atoms with E-state index in [0.717, 1.165) is 20.9 Å². The minimum absolute atomic E-state index is 0.0221. The van der Waals surface area contributed by atoms with Crippen LogP contribution in [-0.4, -0.2) is 23.0 Å². The van der Waals surface area contributed by atoms with Gasteiger partial charge in [0.05, 0.1) is 24.2 Å². The van der Waals surface area contributed by atoms with Crippen LogP contribution in [0.5, 0.6) is 11.5 Å². The first-order valence-corrected chi connectivity index (χ1v) is 14.2. The predicted molar refractivity (Wildman–Crippen MR) is 160 cm³/mol. The van der Waals surface area contributed by atoms with Crippen molar-refractivity contribution >= 4 is 76.5 Å². The fourth-order valence-corrected chi connectivity index (χ4v) is 4.90. The fraction of sp³-hybridized carbons (Fsp3) is 0.222. The zero-order valence-corrected chi connectivity index (χ0v) is 25.8. The summed E-state index contributed by atoms with van der Waals surface area (Å²) < 4.78 is 15.3. The lowest BCUT2D eigenvalue weighted by atomic mass is 10.1. The number of ether oxygens (including phenoxy) is 2. The van der Waals surface area contributed by atoms with Crippen LogP contribution < -0.4 is 15.0 Å². The molecule has 0 aliphatic carbocycles. The summed E-state index contributed by atoms with van der Waals surface area (Å²) in [5.41, 5.74) is 1.99. The first-order valence-electron chi connectivity index (χ1n) is 11.4. The molecule has 0 unspecified atom stereocenters. The third kappa shape index (κ3) is 6.11. The van der Waals surface area contributed by atoms with Crippen molar-refractivity contribution in [2.24, 2.45) is 5.10 Å². The van der Waals surface area contributed by atoms with Gasteiger partial charge >= 0.3 is 0 Å². The van der Waals surface area contributed by atoms with Gasteiger partial charge in [0.1, 0.15) is 17.5 Å². The predicted octanol–water partition coefficient (Wildman–Crippen LogP) is 8.32. The highest BCUT2D eigenvalue weighted by Crippen LogP contribution is 2.42. The molecule has 37 heavy (non-hydrogen) atoms.